The number of hydrogen-bond acceptors (Lipinski definition) is 5. The molecule has 3 aromatic heterocycles. The number of aryl methyl sites for hydroxylation is 3. The first-order valence-electron chi connectivity index (χ1n) is 7.88. The van der Waals surface area contributed by atoms with Crippen molar-refractivity contribution in [3.63, 3.8) is 0 Å². The molecule has 0 saturated heterocycles. The maximum Gasteiger partial charge on any atom is 0.260 e. The molecule has 0 amide bonds. The first-order chi connectivity index (χ1) is 11.7. The maximum absolute atomic E-state index is 12.6. The Bertz CT molecular complexity index is 1060. The molecule has 3 aromatic rings. The fourth-order valence-electron chi connectivity index (χ4n) is 3.11. The van der Waals surface area contributed by atoms with Gasteiger partial charge in [0.1, 0.15) is 10.9 Å². The maximum atomic E-state index is 12.6. The summed E-state index contributed by atoms with van der Waals surface area (Å²) in [7, 11) is 0. The lowest BCUT2D eigenvalue weighted by Gasteiger charge is -2.09. The van der Waals surface area contributed by atoms with Crippen LogP contribution in [0.2, 0.25) is 0 Å². The van der Waals surface area contributed by atoms with Gasteiger partial charge in [0.05, 0.1) is 11.0 Å². The van der Waals surface area contributed by atoms with E-state index in [1.165, 1.54) is 11.3 Å². The highest BCUT2D eigenvalue weighted by Gasteiger charge is 2.20. The van der Waals surface area contributed by atoms with E-state index in [1.807, 2.05) is 18.4 Å². The van der Waals surface area contributed by atoms with E-state index >= 15 is 0 Å². The zero-order chi connectivity index (χ0) is 16.7. The van der Waals surface area contributed by atoms with Gasteiger partial charge in [-0.25, -0.2) is 4.98 Å². The Morgan fingerprint density at radius 3 is 3.00 bits per heavy atom. The topological polar surface area (TPSA) is 69.5 Å². The summed E-state index contributed by atoms with van der Waals surface area (Å²) >= 11 is 3.18. The van der Waals surface area contributed by atoms with Gasteiger partial charge in [0, 0.05) is 9.75 Å². The minimum Gasteiger partial charge on any atom is -0.305 e. The smallest absolute Gasteiger partial charge is 0.260 e. The first kappa shape index (κ1) is 15.3. The zero-order valence-electron chi connectivity index (χ0n) is 13.2. The molecule has 0 spiro atoms. The average molecular weight is 353 g/mol. The second kappa shape index (κ2) is 6.00. The summed E-state index contributed by atoms with van der Waals surface area (Å²) in [6.45, 7) is 2.00. The zero-order valence-corrected chi connectivity index (χ0v) is 14.8. The van der Waals surface area contributed by atoms with Crippen LogP contribution in [0, 0.1) is 18.3 Å². The molecule has 3 heterocycles. The van der Waals surface area contributed by atoms with Gasteiger partial charge in [0.15, 0.2) is 5.82 Å². The van der Waals surface area contributed by atoms with Gasteiger partial charge in [-0.3, -0.25) is 4.79 Å². The number of aromatic amines is 1. The van der Waals surface area contributed by atoms with Gasteiger partial charge in [-0.05, 0) is 61.3 Å². The van der Waals surface area contributed by atoms with Crippen LogP contribution in [0.15, 0.2) is 16.2 Å². The van der Waals surface area contributed by atoms with E-state index < -0.39 is 0 Å². The van der Waals surface area contributed by atoms with Crippen molar-refractivity contribution in [3.05, 3.63) is 48.5 Å². The average Bonchev–Trinajstić information content (AvgIpc) is 3.15. The number of nitriles is 1. The molecule has 0 fully saturated rings. The summed E-state index contributed by atoms with van der Waals surface area (Å²) in [6.07, 6.45) is 6.08. The van der Waals surface area contributed by atoms with Crippen molar-refractivity contribution in [3.8, 4) is 6.07 Å². The normalized spacial score (nSPS) is 14.6. The Hall–Kier alpha value is -2.23. The predicted molar refractivity (Wildman–Crippen MR) is 99.4 cm³/mol. The first-order valence-corrected chi connectivity index (χ1v) is 9.58. The predicted octanol–water partition coefficient (Wildman–Crippen LogP) is 4.30. The number of H-pyrrole nitrogens is 1. The Morgan fingerprint density at radius 1 is 1.42 bits per heavy atom. The highest BCUT2D eigenvalue weighted by Crippen LogP contribution is 2.34. The largest absolute Gasteiger partial charge is 0.305 e. The van der Waals surface area contributed by atoms with Gasteiger partial charge in [-0.1, -0.05) is 0 Å². The van der Waals surface area contributed by atoms with Crippen LogP contribution >= 0.6 is 22.7 Å². The molecule has 24 heavy (non-hydrogen) atoms. The molecule has 1 aliphatic rings. The molecule has 0 bridgehead atoms. The molecular weight excluding hydrogens is 338 g/mol. The fourth-order valence-corrected chi connectivity index (χ4v) is 5.23. The van der Waals surface area contributed by atoms with Crippen LogP contribution in [0.3, 0.4) is 0 Å². The molecule has 0 aliphatic heterocycles. The van der Waals surface area contributed by atoms with Crippen LogP contribution in [0.1, 0.15) is 39.5 Å². The molecule has 4 rings (SSSR count). The van der Waals surface area contributed by atoms with Crippen LogP contribution in [-0.4, -0.2) is 9.97 Å². The molecule has 1 N–H and O–H groups in total. The number of aromatic nitrogens is 2. The SMILES string of the molecule is Cc1ccsc1/C=C(\C#N)c1nc2sc3c(c2c(=O)[nH]1)CCCC3. The Labute approximate surface area is 147 Å². The van der Waals surface area contributed by atoms with Crippen molar-refractivity contribution < 1.29 is 0 Å². The summed E-state index contributed by atoms with van der Waals surface area (Å²) in [4.78, 5) is 23.1. The van der Waals surface area contributed by atoms with Crippen molar-refractivity contribution >= 4 is 44.5 Å². The second-order valence-corrected chi connectivity index (χ2v) is 7.97. The molecular formula is C18H15N3OS2. The minimum absolute atomic E-state index is 0.126. The molecule has 0 unspecified atom stereocenters. The number of rotatable bonds is 2. The number of allylic oxidation sites excluding steroid dienone is 1. The van der Waals surface area contributed by atoms with Gasteiger partial charge in [-0.15, -0.1) is 22.7 Å². The molecule has 0 radical (unpaired) electrons. The van der Waals surface area contributed by atoms with Crippen LogP contribution in [0.4, 0.5) is 0 Å². The van der Waals surface area contributed by atoms with Crippen molar-refractivity contribution in [2.45, 2.75) is 32.6 Å². The molecule has 120 valence electrons. The van der Waals surface area contributed by atoms with E-state index in [0.29, 0.717) is 11.4 Å². The van der Waals surface area contributed by atoms with E-state index in [0.717, 1.165) is 45.5 Å². The van der Waals surface area contributed by atoms with Crippen LogP contribution in [0.25, 0.3) is 21.9 Å². The van der Waals surface area contributed by atoms with E-state index in [9.17, 15) is 10.1 Å². The summed E-state index contributed by atoms with van der Waals surface area (Å²) in [5, 5.41) is 12.2. The third-order valence-corrected chi connectivity index (χ3v) is 6.53. The fraction of sp³-hybridized carbons (Fsp3) is 0.278. The van der Waals surface area contributed by atoms with Gasteiger partial charge < -0.3 is 4.98 Å². The molecule has 6 heteroatoms. The van der Waals surface area contributed by atoms with Crippen molar-refractivity contribution in [1.82, 2.24) is 9.97 Å². The highest BCUT2D eigenvalue weighted by atomic mass is 32.1. The molecule has 0 aromatic carbocycles. The quantitative estimate of drug-likeness (QED) is 0.698. The number of fused-ring (bicyclic) bond motifs is 3. The van der Waals surface area contributed by atoms with Crippen LogP contribution in [0.5, 0.6) is 0 Å². The lowest BCUT2D eigenvalue weighted by atomic mass is 9.97. The van der Waals surface area contributed by atoms with E-state index in [4.69, 9.17) is 0 Å². The second-order valence-electron chi connectivity index (χ2n) is 5.94. The lowest BCUT2D eigenvalue weighted by molar-refractivity contribution is 0.700. The Kier molecular flexibility index (Phi) is 3.83. The molecule has 4 nitrogen and oxygen atoms in total. The third-order valence-electron chi connectivity index (χ3n) is 4.38. The van der Waals surface area contributed by atoms with Crippen molar-refractivity contribution in [2.75, 3.05) is 0 Å². The van der Waals surface area contributed by atoms with Gasteiger partial charge in [-0.2, -0.15) is 5.26 Å². The van der Waals surface area contributed by atoms with E-state index in [1.54, 1.807) is 28.7 Å². The van der Waals surface area contributed by atoms with Gasteiger partial charge >= 0.3 is 0 Å². The minimum atomic E-state index is -0.126. The highest BCUT2D eigenvalue weighted by molar-refractivity contribution is 7.18. The molecule has 0 atom stereocenters. The number of thiophene rings is 2. The standard InChI is InChI=1S/C18H15N3OS2/c1-10-6-7-23-14(10)8-11(9-19)16-20-17(22)15-12-4-2-3-5-13(12)24-18(15)21-16/h6-8H,2-5H2,1H3,(H,20,21,22)/b11-8+. The van der Waals surface area contributed by atoms with Gasteiger partial charge in [0.25, 0.3) is 5.56 Å². The van der Waals surface area contributed by atoms with Gasteiger partial charge in [0.2, 0.25) is 0 Å². The summed E-state index contributed by atoms with van der Waals surface area (Å²) in [5.41, 5.74) is 2.55. The van der Waals surface area contributed by atoms with Crippen molar-refractivity contribution in [1.29, 1.82) is 5.26 Å². The van der Waals surface area contributed by atoms with Crippen LogP contribution in [-0.2, 0) is 12.8 Å². The van der Waals surface area contributed by atoms with Crippen molar-refractivity contribution in [2.24, 2.45) is 0 Å². The number of nitrogens with one attached hydrogen (secondary N) is 1. The molecule has 1 aliphatic carbocycles. The van der Waals surface area contributed by atoms with E-state index in [-0.39, 0.29) is 5.56 Å². The number of nitrogens with zero attached hydrogens (tertiary/aromatic N) is 2. The summed E-state index contributed by atoms with van der Waals surface area (Å²) in [6, 6.07) is 4.19. The monoisotopic (exact) mass is 353 g/mol. The number of hydrogen-bond donors (Lipinski definition) is 1. The Morgan fingerprint density at radius 2 is 2.25 bits per heavy atom. The van der Waals surface area contributed by atoms with E-state index in [2.05, 4.69) is 16.0 Å². The summed E-state index contributed by atoms with van der Waals surface area (Å²) < 4.78 is 0. The third kappa shape index (κ3) is 2.50. The molecule has 0 saturated carbocycles. The summed E-state index contributed by atoms with van der Waals surface area (Å²) in [5.74, 6) is 0.362. The lowest BCUT2D eigenvalue weighted by Crippen LogP contribution is -2.12. The Balaban J connectivity index is 1.88. The van der Waals surface area contributed by atoms with Crippen LogP contribution < -0.4 is 5.56 Å².